The molecule has 0 unspecified atom stereocenters. The van der Waals surface area contributed by atoms with Crippen molar-refractivity contribution < 1.29 is 9.21 Å². The maximum atomic E-state index is 12.6. The lowest BCUT2D eigenvalue weighted by atomic mass is 9.92. The summed E-state index contributed by atoms with van der Waals surface area (Å²) in [5.41, 5.74) is 2.17. The van der Waals surface area contributed by atoms with Gasteiger partial charge in [-0.2, -0.15) is 0 Å². The number of likely N-dealkylation sites (tertiary alicyclic amines) is 1. The molecule has 1 aliphatic rings. The van der Waals surface area contributed by atoms with Crippen LogP contribution < -0.4 is 5.32 Å². The van der Waals surface area contributed by atoms with Crippen LogP contribution in [0.2, 0.25) is 5.02 Å². The molecule has 3 aromatic rings. The number of halogens is 1. The highest BCUT2D eigenvalue weighted by Crippen LogP contribution is 2.42. The first-order chi connectivity index (χ1) is 14.0. The van der Waals surface area contributed by atoms with Crippen LogP contribution in [0.3, 0.4) is 0 Å². The number of anilines is 1. The van der Waals surface area contributed by atoms with Crippen molar-refractivity contribution >= 4 is 33.8 Å². The molecule has 0 saturated carbocycles. The van der Waals surface area contributed by atoms with E-state index < -0.39 is 0 Å². The van der Waals surface area contributed by atoms with Crippen molar-refractivity contribution in [3.63, 3.8) is 0 Å². The fourth-order valence-electron chi connectivity index (χ4n) is 3.95. The van der Waals surface area contributed by atoms with Gasteiger partial charge in [0.05, 0.1) is 12.3 Å². The number of rotatable bonds is 5. The monoisotopic (exact) mass is 428 g/mol. The molecule has 1 amide bonds. The number of carbonyl (C=O) groups is 1. The number of piperidine rings is 1. The number of hydrogen-bond acceptors (Lipinski definition) is 4. The number of benzene rings is 1. The summed E-state index contributed by atoms with van der Waals surface area (Å²) < 4.78 is 5.27. The van der Waals surface area contributed by atoms with E-state index >= 15 is 0 Å². The minimum atomic E-state index is -0.233. The average Bonchev–Trinajstić information content (AvgIpc) is 3.35. The lowest BCUT2D eigenvalue weighted by Crippen LogP contribution is -2.37. The number of aryl methyl sites for hydroxylation is 1. The van der Waals surface area contributed by atoms with Crippen LogP contribution >= 0.6 is 22.9 Å². The number of amides is 1. The zero-order valence-electron chi connectivity index (χ0n) is 16.7. The fourth-order valence-corrected chi connectivity index (χ4v) is 5.13. The number of nitrogens with zero attached hydrogens (tertiary/aromatic N) is 1. The maximum Gasteiger partial charge on any atom is 0.291 e. The van der Waals surface area contributed by atoms with Gasteiger partial charge < -0.3 is 9.73 Å². The minimum absolute atomic E-state index is 0.00745. The van der Waals surface area contributed by atoms with Crippen LogP contribution in [0.4, 0.5) is 5.00 Å². The van der Waals surface area contributed by atoms with Crippen LogP contribution in [-0.2, 0) is 0 Å². The van der Waals surface area contributed by atoms with Gasteiger partial charge in [0.25, 0.3) is 5.91 Å². The number of thiophene rings is 1. The Labute approximate surface area is 180 Å². The third-order valence-corrected chi connectivity index (χ3v) is 6.86. The van der Waals surface area contributed by atoms with Gasteiger partial charge in [-0.3, -0.25) is 9.69 Å². The van der Waals surface area contributed by atoms with Crippen molar-refractivity contribution in [1.82, 2.24) is 4.90 Å². The molecule has 0 radical (unpaired) electrons. The molecule has 1 aliphatic heterocycles. The molecule has 1 saturated heterocycles. The van der Waals surface area contributed by atoms with E-state index in [1.54, 1.807) is 23.5 Å². The van der Waals surface area contributed by atoms with E-state index in [4.69, 9.17) is 16.0 Å². The van der Waals surface area contributed by atoms with Gasteiger partial charge in [-0.05, 0) is 68.6 Å². The van der Waals surface area contributed by atoms with E-state index in [-0.39, 0.29) is 11.9 Å². The zero-order chi connectivity index (χ0) is 20.4. The zero-order valence-corrected chi connectivity index (χ0v) is 18.2. The summed E-state index contributed by atoms with van der Waals surface area (Å²) in [6.07, 6.45) is 3.84. The summed E-state index contributed by atoms with van der Waals surface area (Å²) in [5, 5.41) is 4.67. The van der Waals surface area contributed by atoms with Gasteiger partial charge in [0.15, 0.2) is 5.76 Å². The quantitative estimate of drug-likeness (QED) is 0.513. The lowest BCUT2D eigenvalue weighted by Gasteiger charge is -2.37. The summed E-state index contributed by atoms with van der Waals surface area (Å²) in [5.74, 6) is 0.812. The van der Waals surface area contributed by atoms with Crippen molar-refractivity contribution in [2.45, 2.75) is 32.7 Å². The molecular weight excluding hydrogens is 404 g/mol. The van der Waals surface area contributed by atoms with Gasteiger partial charge in [-0.1, -0.05) is 36.7 Å². The maximum absolute atomic E-state index is 12.6. The summed E-state index contributed by atoms with van der Waals surface area (Å²) in [6, 6.07) is 13.6. The molecule has 1 atom stereocenters. The molecule has 2 aromatic heterocycles. The van der Waals surface area contributed by atoms with Crippen molar-refractivity contribution in [3.05, 3.63) is 75.5 Å². The molecule has 3 heterocycles. The number of nitrogens with one attached hydrogen (secondary N) is 1. The number of hydrogen-bond donors (Lipinski definition) is 1. The molecule has 29 heavy (non-hydrogen) atoms. The van der Waals surface area contributed by atoms with Crippen LogP contribution in [0, 0.1) is 12.8 Å². The molecule has 152 valence electrons. The molecule has 1 N–H and O–H groups in total. The second-order valence-electron chi connectivity index (χ2n) is 7.72. The Hall–Kier alpha value is -2.08. The summed E-state index contributed by atoms with van der Waals surface area (Å²) >= 11 is 8.23. The Balaban J connectivity index is 1.73. The molecule has 4 rings (SSSR count). The van der Waals surface area contributed by atoms with Crippen molar-refractivity contribution in [3.8, 4) is 0 Å². The third kappa shape index (κ3) is 4.42. The van der Waals surface area contributed by atoms with E-state index in [2.05, 4.69) is 36.2 Å². The summed E-state index contributed by atoms with van der Waals surface area (Å²) in [7, 11) is 0. The van der Waals surface area contributed by atoms with E-state index in [9.17, 15) is 4.79 Å². The van der Waals surface area contributed by atoms with Gasteiger partial charge in [-0.25, -0.2) is 0 Å². The molecule has 0 aliphatic carbocycles. The van der Waals surface area contributed by atoms with Crippen LogP contribution in [0.5, 0.6) is 0 Å². The van der Waals surface area contributed by atoms with Gasteiger partial charge in [0.1, 0.15) is 5.00 Å². The first kappa shape index (κ1) is 20.2. The molecule has 0 spiro atoms. The number of carbonyl (C=O) groups excluding carboxylic acids is 1. The molecule has 1 fully saturated rings. The first-order valence-electron chi connectivity index (χ1n) is 9.96. The normalized spacial score (nSPS) is 16.7. The van der Waals surface area contributed by atoms with Gasteiger partial charge >= 0.3 is 0 Å². The molecule has 4 nitrogen and oxygen atoms in total. The van der Waals surface area contributed by atoms with Crippen LogP contribution in [-0.4, -0.2) is 23.9 Å². The molecule has 1 aromatic carbocycles. The molecule has 6 heteroatoms. The highest BCUT2D eigenvalue weighted by Gasteiger charge is 2.30. The molecular formula is C23H25ClN2O2S. The summed E-state index contributed by atoms with van der Waals surface area (Å²) in [4.78, 5) is 16.3. The smallest absolute Gasteiger partial charge is 0.291 e. The van der Waals surface area contributed by atoms with E-state index in [0.717, 1.165) is 57.9 Å². The predicted octanol–water partition coefficient (Wildman–Crippen LogP) is 6.38. The first-order valence-corrected chi connectivity index (χ1v) is 11.2. The Bertz CT molecular complexity index is 975. The van der Waals surface area contributed by atoms with Gasteiger partial charge in [0.2, 0.25) is 0 Å². The standard InChI is InChI=1S/C23H25ClN2O2S/c1-15-9-11-26(12-10-15)21(17-6-3-4-7-19(17)24)18-14-16(2)29-23(18)25-22(27)20-8-5-13-28-20/h3-8,13-15,21H,9-12H2,1-2H3,(H,25,27)/t21-/m1/s1. The van der Waals surface area contributed by atoms with Crippen molar-refractivity contribution in [2.24, 2.45) is 5.92 Å². The summed E-state index contributed by atoms with van der Waals surface area (Å²) in [6.45, 7) is 6.40. The van der Waals surface area contributed by atoms with Crippen LogP contribution in [0.15, 0.2) is 53.1 Å². The Morgan fingerprint density at radius 2 is 1.97 bits per heavy atom. The fraction of sp³-hybridized carbons (Fsp3) is 0.348. The minimum Gasteiger partial charge on any atom is -0.459 e. The average molecular weight is 429 g/mol. The van der Waals surface area contributed by atoms with Crippen molar-refractivity contribution in [1.29, 1.82) is 0 Å². The van der Waals surface area contributed by atoms with Crippen molar-refractivity contribution in [2.75, 3.05) is 18.4 Å². The second-order valence-corrected chi connectivity index (χ2v) is 9.38. The predicted molar refractivity (Wildman–Crippen MR) is 119 cm³/mol. The highest BCUT2D eigenvalue weighted by atomic mass is 35.5. The third-order valence-electron chi connectivity index (χ3n) is 5.53. The lowest BCUT2D eigenvalue weighted by molar-refractivity contribution is 0.0996. The molecule has 0 bridgehead atoms. The second kappa shape index (κ2) is 8.74. The Morgan fingerprint density at radius 3 is 2.66 bits per heavy atom. The topological polar surface area (TPSA) is 45.5 Å². The number of furan rings is 1. The van der Waals surface area contributed by atoms with Gasteiger partial charge in [0, 0.05) is 15.5 Å². The Kier molecular flexibility index (Phi) is 6.09. The largest absolute Gasteiger partial charge is 0.459 e. The van der Waals surface area contributed by atoms with Gasteiger partial charge in [-0.15, -0.1) is 11.3 Å². The van der Waals surface area contributed by atoms with E-state index in [1.165, 1.54) is 6.26 Å². The highest BCUT2D eigenvalue weighted by molar-refractivity contribution is 7.16. The van der Waals surface area contributed by atoms with E-state index in [1.807, 2.05) is 18.2 Å². The van der Waals surface area contributed by atoms with E-state index in [0.29, 0.717) is 5.76 Å². The van der Waals surface area contributed by atoms with Crippen LogP contribution in [0.25, 0.3) is 0 Å². The Morgan fingerprint density at radius 1 is 1.21 bits per heavy atom. The SMILES string of the molecule is Cc1cc([C@@H](c2ccccc2Cl)N2CCC(C)CC2)c(NC(=O)c2ccco2)s1. The van der Waals surface area contributed by atoms with Crippen LogP contribution in [0.1, 0.15) is 52.4 Å².